The van der Waals surface area contributed by atoms with Crippen LogP contribution in [0.2, 0.25) is 0 Å². The highest BCUT2D eigenvalue weighted by atomic mass is 16.5. The number of ether oxygens (including phenoxy) is 2. The molecule has 2 heterocycles. The summed E-state index contributed by atoms with van der Waals surface area (Å²) >= 11 is 0. The highest BCUT2D eigenvalue weighted by Crippen LogP contribution is 2.23. The van der Waals surface area contributed by atoms with Crippen LogP contribution in [-0.4, -0.2) is 39.3 Å². The molecule has 0 bridgehead atoms. The number of carbonyl (C=O) groups is 2. The third kappa shape index (κ3) is 5.83. The normalized spacial score (nSPS) is 11.4. The van der Waals surface area contributed by atoms with Crippen LogP contribution in [0.15, 0.2) is 85.3 Å². The van der Waals surface area contributed by atoms with Gasteiger partial charge in [-0.05, 0) is 62.4 Å². The van der Waals surface area contributed by atoms with Crippen molar-refractivity contribution in [1.82, 2.24) is 25.6 Å². The zero-order chi connectivity index (χ0) is 24.6. The fourth-order valence-electron chi connectivity index (χ4n) is 3.30. The SMILES string of the molecule is CCOc1ccc(OC(C)C(=O)NNC(=O)c2cn(-c3ccccc3)nc2-c2cccnc2)cc1. The second kappa shape index (κ2) is 11.0. The number of carbonyl (C=O) groups excluding carboxylic acids is 2. The van der Waals surface area contributed by atoms with Gasteiger partial charge in [-0.1, -0.05) is 18.2 Å². The number of benzene rings is 2. The molecule has 0 aliphatic carbocycles. The fraction of sp³-hybridized carbons (Fsp3) is 0.154. The number of pyridine rings is 1. The number of aromatic nitrogens is 3. The molecule has 9 nitrogen and oxygen atoms in total. The Kier molecular flexibility index (Phi) is 7.37. The summed E-state index contributed by atoms with van der Waals surface area (Å²) in [4.78, 5) is 29.7. The molecule has 0 saturated heterocycles. The minimum atomic E-state index is -0.849. The zero-order valence-electron chi connectivity index (χ0n) is 19.3. The molecule has 2 aromatic carbocycles. The molecule has 35 heavy (non-hydrogen) atoms. The number of nitrogens with zero attached hydrogens (tertiary/aromatic N) is 3. The van der Waals surface area contributed by atoms with E-state index in [0.29, 0.717) is 29.4 Å². The number of para-hydroxylation sites is 1. The summed E-state index contributed by atoms with van der Waals surface area (Å²) in [7, 11) is 0. The van der Waals surface area contributed by atoms with Crippen molar-refractivity contribution in [1.29, 1.82) is 0 Å². The second-order valence-corrected chi connectivity index (χ2v) is 7.52. The summed E-state index contributed by atoms with van der Waals surface area (Å²) in [5.74, 6) is 0.188. The number of hydrogen-bond donors (Lipinski definition) is 2. The van der Waals surface area contributed by atoms with E-state index in [9.17, 15) is 9.59 Å². The monoisotopic (exact) mass is 471 g/mol. The van der Waals surface area contributed by atoms with Crippen molar-refractivity contribution < 1.29 is 19.1 Å². The van der Waals surface area contributed by atoms with Crippen molar-refractivity contribution in [2.75, 3.05) is 6.61 Å². The van der Waals surface area contributed by atoms with E-state index in [1.165, 1.54) is 0 Å². The lowest BCUT2D eigenvalue weighted by Crippen LogP contribution is -2.47. The van der Waals surface area contributed by atoms with Crippen molar-refractivity contribution in [2.24, 2.45) is 0 Å². The first-order chi connectivity index (χ1) is 17.0. The molecule has 9 heteroatoms. The maximum Gasteiger partial charge on any atom is 0.279 e. The first-order valence-electron chi connectivity index (χ1n) is 11.1. The van der Waals surface area contributed by atoms with Gasteiger partial charge >= 0.3 is 0 Å². The zero-order valence-corrected chi connectivity index (χ0v) is 19.3. The molecule has 1 unspecified atom stereocenters. The van der Waals surface area contributed by atoms with Gasteiger partial charge in [0.2, 0.25) is 0 Å². The van der Waals surface area contributed by atoms with Crippen LogP contribution in [0.4, 0.5) is 0 Å². The Morgan fingerprint density at radius 1 is 0.971 bits per heavy atom. The summed E-state index contributed by atoms with van der Waals surface area (Å²) in [5.41, 5.74) is 7.05. The van der Waals surface area contributed by atoms with Crippen molar-refractivity contribution in [3.8, 4) is 28.4 Å². The maximum absolute atomic E-state index is 13.0. The van der Waals surface area contributed by atoms with Crippen molar-refractivity contribution in [2.45, 2.75) is 20.0 Å². The van der Waals surface area contributed by atoms with E-state index < -0.39 is 17.9 Å². The molecule has 0 radical (unpaired) electrons. The second-order valence-electron chi connectivity index (χ2n) is 7.52. The molecule has 0 aliphatic rings. The van der Waals surface area contributed by atoms with Crippen LogP contribution in [-0.2, 0) is 4.79 Å². The van der Waals surface area contributed by atoms with Crippen molar-refractivity contribution >= 4 is 11.8 Å². The fourth-order valence-corrected chi connectivity index (χ4v) is 3.30. The molecule has 4 aromatic rings. The van der Waals surface area contributed by atoms with Gasteiger partial charge in [0, 0.05) is 24.2 Å². The summed E-state index contributed by atoms with van der Waals surface area (Å²) < 4.78 is 12.7. The van der Waals surface area contributed by atoms with Crippen LogP contribution in [0.5, 0.6) is 11.5 Å². The van der Waals surface area contributed by atoms with Gasteiger partial charge in [0.05, 0.1) is 17.9 Å². The molecule has 2 amide bonds. The number of hydrogen-bond acceptors (Lipinski definition) is 6. The summed E-state index contributed by atoms with van der Waals surface area (Å²) in [6.45, 7) is 4.05. The molecular formula is C26H25N5O4. The van der Waals surface area contributed by atoms with Crippen LogP contribution in [0.25, 0.3) is 16.9 Å². The van der Waals surface area contributed by atoms with Gasteiger partial charge in [0.15, 0.2) is 6.10 Å². The summed E-state index contributed by atoms with van der Waals surface area (Å²) in [6.07, 6.45) is 4.03. The topological polar surface area (TPSA) is 107 Å². The minimum absolute atomic E-state index is 0.280. The quantitative estimate of drug-likeness (QED) is 0.381. The lowest BCUT2D eigenvalue weighted by molar-refractivity contribution is -0.128. The van der Waals surface area contributed by atoms with Crippen LogP contribution in [0.1, 0.15) is 24.2 Å². The molecule has 2 aromatic heterocycles. The van der Waals surface area contributed by atoms with E-state index >= 15 is 0 Å². The van der Waals surface area contributed by atoms with Gasteiger partial charge in [-0.15, -0.1) is 0 Å². The number of hydrazine groups is 1. The Morgan fingerprint density at radius 2 is 1.71 bits per heavy atom. The van der Waals surface area contributed by atoms with Crippen molar-refractivity contribution in [3.05, 3.63) is 90.9 Å². The molecule has 0 spiro atoms. The Bertz CT molecular complexity index is 1270. The predicted molar refractivity (Wildman–Crippen MR) is 130 cm³/mol. The number of nitrogens with one attached hydrogen (secondary N) is 2. The summed E-state index contributed by atoms with van der Waals surface area (Å²) in [6, 6.07) is 19.9. The Balaban J connectivity index is 1.45. The average Bonchev–Trinajstić information content (AvgIpc) is 3.35. The van der Waals surface area contributed by atoms with Crippen LogP contribution in [0.3, 0.4) is 0 Å². The highest BCUT2D eigenvalue weighted by Gasteiger charge is 2.21. The van der Waals surface area contributed by atoms with Gasteiger partial charge < -0.3 is 9.47 Å². The molecule has 178 valence electrons. The molecule has 2 N–H and O–H groups in total. The van der Waals surface area contributed by atoms with Gasteiger partial charge in [0.25, 0.3) is 11.8 Å². The molecule has 0 fully saturated rings. The molecular weight excluding hydrogens is 446 g/mol. The van der Waals surface area contributed by atoms with E-state index in [0.717, 1.165) is 5.69 Å². The molecule has 1 atom stereocenters. The lowest BCUT2D eigenvalue weighted by atomic mass is 10.1. The Morgan fingerprint density at radius 3 is 2.40 bits per heavy atom. The number of amides is 2. The third-order valence-electron chi connectivity index (χ3n) is 5.03. The Hall–Kier alpha value is -4.66. The van der Waals surface area contributed by atoms with E-state index in [-0.39, 0.29) is 5.56 Å². The van der Waals surface area contributed by atoms with Gasteiger partial charge in [-0.2, -0.15) is 5.10 Å². The lowest BCUT2D eigenvalue weighted by Gasteiger charge is -2.15. The van der Waals surface area contributed by atoms with Crippen molar-refractivity contribution in [3.63, 3.8) is 0 Å². The van der Waals surface area contributed by atoms with Crippen LogP contribution in [0, 0.1) is 0 Å². The first-order valence-corrected chi connectivity index (χ1v) is 11.1. The van der Waals surface area contributed by atoms with Gasteiger partial charge in [-0.25, -0.2) is 4.68 Å². The highest BCUT2D eigenvalue weighted by molar-refractivity contribution is 6.00. The van der Waals surface area contributed by atoms with E-state index in [4.69, 9.17) is 9.47 Å². The van der Waals surface area contributed by atoms with Crippen LogP contribution >= 0.6 is 0 Å². The first kappa shape index (κ1) is 23.5. The smallest absolute Gasteiger partial charge is 0.279 e. The third-order valence-corrected chi connectivity index (χ3v) is 5.03. The number of rotatable bonds is 8. The molecule has 4 rings (SSSR count). The Labute approximate surface area is 202 Å². The van der Waals surface area contributed by atoms with E-state index in [1.54, 1.807) is 60.5 Å². The van der Waals surface area contributed by atoms with Gasteiger partial charge in [0.1, 0.15) is 17.2 Å². The maximum atomic E-state index is 13.0. The largest absolute Gasteiger partial charge is 0.494 e. The minimum Gasteiger partial charge on any atom is -0.494 e. The van der Waals surface area contributed by atoms with Gasteiger partial charge in [-0.3, -0.25) is 25.4 Å². The standard InChI is InChI=1S/C26H25N5O4/c1-3-34-21-11-13-22(14-12-21)35-18(2)25(32)28-29-26(33)23-17-31(20-9-5-4-6-10-20)30-24(23)19-8-7-15-27-16-19/h4-18H,3H2,1-2H3,(H,28,32)(H,29,33). The average molecular weight is 472 g/mol. The molecule has 0 saturated carbocycles. The predicted octanol–water partition coefficient (Wildman–Crippen LogP) is 3.56. The molecule has 0 aliphatic heterocycles. The summed E-state index contributed by atoms with van der Waals surface area (Å²) in [5, 5.41) is 4.58. The van der Waals surface area contributed by atoms with E-state index in [2.05, 4.69) is 20.9 Å². The van der Waals surface area contributed by atoms with E-state index in [1.807, 2.05) is 43.3 Å². The van der Waals surface area contributed by atoms with Crippen LogP contribution < -0.4 is 20.3 Å².